The zero-order valence-corrected chi connectivity index (χ0v) is 21.8. The maximum Gasteiger partial charge on any atom is 0.401 e. The molecule has 0 bridgehead atoms. The molecule has 0 radical (unpaired) electrons. The van der Waals surface area contributed by atoms with E-state index in [0.717, 1.165) is 24.6 Å². The fraction of sp³-hybridized carbons (Fsp3) is 0.276. The van der Waals surface area contributed by atoms with Crippen LogP contribution in [0.4, 0.5) is 23.4 Å². The van der Waals surface area contributed by atoms with Crippen LogP contribution in [0.15, 0.2) is 48.8 Å². The fourth-order valence-electron chi connectivity index (χ4n) is 5.13. The number of carbonyl (C=O) groups excluding carboxylic acids is 1. The predicted molar refractivity (Wildman–Crippen MR) is 141 cm³/mol. The number of nitrogens with one attached hydrogen (secondary N) is 1. The summed E-state index contributed by atoms with van der Waals surface area (Å²) in [6.45, 7) is -1.55. The molecule has 4 aromatic rings. The average Bonchev–Trinajstić information content (AvgIpc) is 3.62. The number of alkyl halides is 3. The summed E-state index contributed by atoms with van der Waals surface area (Å²) in [5.41, 5.74) is 3.60. The molecule has 2 aliphatic rings. The van der Waals surface area contributed by atoms with E-state index in [1.54, 1.807) is 36.1 Å². The number of hydrogen-bond donors (Lipinski definition) is 1. The lowest BCUT2D eigenvalue weighted by Crippen LogP contribution is -2.28. The second-order valence-electron chi connectivity index (χ2n) is 10.2. The van der Waals surface area contributed by atoms with Crippen LogP contribution < -0.4 is 10.2 Å². The summed E-state index contributed by atoms with van der Waals surface area (Å²) in [7, 11) is 1.80. The van der Waals surface area contributed by atoms with E-state index in [2.05, 4.69) is 21.6 Å². The van der Waals surface area contributed by atoms with Gasteiger partial charge in [0.05, 0.1) is 24.7 Å². The van der Waals surface area contributed by atoms with Gasteiger partial charge in [-0.25, -0.2) is 9.37 Å². The fourth-order valence-corrected chi connectivity index (χ4v) is 5.13. The summed E-state index contributed by atoms with van der Waals surface area (Å²) in [6, 6.07) is 13.7. The highest BCUT2D eigenvalue weighted by Gasteiger charge is 2.35. The Kier molecular flexibility index (Phi) is 6.54. The van der Waals surface area contributed by atoms with Crippen molar-refractivity contribution in [2.75, 3.05) is 11.4 Å². The molecule has 1 amide bonds. The molecule has 0 unspecified atom stereocenters. The lowest BCUT2D eigenvalue weighted by Gasteiger charge is -2.19. The van der Waals surface area contributed by atoms with E-state index in [1.807, 2.05) is 12.1 Å². The van der Waals surface area contributed by atoms with Gasteiger partial charge in [0.2, 0.25) is 0 Å². The van der Waals surface area contributed by atoms with Gasteiger partial charge in [-0.15, -0.1) is 10.2 Å². The summed E-state index contributed by atoms with van der Waals surface area (Å²) >= 11 is 0. The van der Waals surface area contributed by atoms with E-state index in [-0.39, 0.29) is 35.7 Å². The van der Waals surface area contributed by atoms with Crippen molar-refractivity contribution in [3.05, 3.63) is 82.6 Å². The predicted octanol–water partition coefficient (Wildman–Crippen LogP) is 5.24. The Bertz CT molecular complexity index is 1720. The highest BCUT2D eigenvalue weighted by atomic mass is 19.4. The lowest BCUT2D eigenvalue weighted by molar-refractivity contribution is -0.125. The largest absolute Gasteiger partial charge is 0.401 e. The molecular formula is C29H23F4N7O. The van der Waals surface area contributed by atoms with Gasteiger partial charge in [0.25, 0.3) is 5.91 Å². The summed E-state index contributed by atoms with van der Waals surface area (Å²) in [5.74, 6) is -0.102. The molecule has 1 aliphatic carbocycles. The van der Waals surface area contributed by atoms with Crippen LogP contribution in [-0.4, -0.2) is 38.4 Å². The number of anilines is 1. The number of aromatic nitrogens is 4. The Labute approximate surface area is 232 Å². The number of hydrogen-bond acceptors (Lipinski definition) is 6. The van der Waals surface area contributed by atoms with Crippen molar-refractivity contribution in [2.24, 2.45) is 7.05 Å². The number of carbonyl (C=O) groups is 1. The third-order valence-corrected chi connectivity index (χ3v) is 7.23. The van der Waals surface area contributed by atoms with Crippen LogP contribution in [0.3, 0.4) is 0 Å². The normalized spacial score (nSPS) is 14.8. The molecule has 2 aromatic carbocycles. The van der Waals surface area contributed by atoms with Gasteiger partial charge < -0.3 is 9.88 Å². The number of amides is 1. The van der Waals surface area contributed by atoms with Gasteiger partial charge in [-0.05, 0) is 54.3 Å². The number of nitrogens with zero attached hydrogens (tertiary/aromatic N) is 6. The Morgan fingerprint density at radius 3 is 2.63 bits per heavy atom. The van der Waals surface area contributed by atoms with E-state index in [4.69, 9.17) is 4.98 Å². The molecule has 3 heterocycles. The molecule has 2 aromatic heterocycles. The maximum absolute atomic E-state index is 15.1. The van der Waals surface area contributed by atoms with Crippen LogP contribution in [0.1, 0.15) is 51.5 Å². The summed E-state index contributed by atoms with van der Waals surface area (Å²) in [6.07, 6.45) is -0.978. The smallest absolute Gasteiger partial charge is 0.317 e. The Hall–Kier alpha value is -4.63. The molecule has 1 aliphatic heterocycles. The minimum Gasteiger partial charge on any atom is -0.317 e. The highest BCUT2D eigenvalue weighted by Crippen LogP contribution is 2.44. The molecule has 6 rings (SSSR count). The summed E-state index contributed by atoms with van der Waals surface area (Å²) < 4.78 is 54.5. The van der Waals surface area contributed by atoms with Gasteiger partial charge in [0.15, 0.2) is 5.82 Å². The Morgan fingerprint density at radius 2 is 1.95 bits per heavy atom. The number of pyridine rings is 1. The zero-order valence-electron chi connectivity index (χ0n) is 21.8. The van der Waals surface area contributed by atoms with Crippen molar-refractivity contribution >= 4 is 11.7 Å². The Balaban J connectivity index is 1.40. The van der Waals surface area contributed by atoms with E-state index in [1.165, 1.54) is 11.0 Å². The number of halogens is 4. The van der Waals surface area contributed by atoms with Crippen LogP contribution in [0.2, 0.25) is 0 Å². The monoisotopic (exact) mass is 561 g/mol. The van der Waals surface area contributed by atoms with Crippen molar-refractivity contribution in [3.8, 4) is 28.6 Å². The van der Waals surface area contributed by atoms with Gasteiger partial charge in [0, 0.05) is 47.5 Å². The molecule has 1 N–H and O–H groups in total. The van der Waals surface area contributed by atoms with Crippen LogP contribution in [0.5, 0.6) is 0 Å². The molecular weight excluding hydrogens is 538 g/mol. The number of rotatable bonds is 7. The number of nitriles is 1. The molecule has 1 saturated carbocycles. The van der Waals surface area contributed by atoms with Crippen molar-refractivity contribution in [3.63, 3.8) is 0 Å². The molecule has 12 heteroatoms. The topological polar surface area (TPSA) is 99.7 Å². The third kappa shape index (κ3) is 5.16. The molecule has 41 heavy (non-hydrogen) atoms. The van der Waals surface area contributed by atoms with E-state index in [9.17, 15) is 23.2 Å². The van der Waals surface area contributed by atoms with E-state index in [0.29, 0.717) is 33.9 Å². The van der Waals surface area contributed by atoms with Crippen LogP contribution in [0.25, 0.3) is 22.5 Å². The molecule has 0 spiro atoms. The molecule has 208 valence electrons. The molecule has 1 fully saturated rings. The minimum absolute atomic E-state index is 0.0765. The molecule has 8 nitrogen and oxygen atoms in total. The van der Waals surface area contributed by atoms with Crippen molar-refractivity contribution < 1.29 is 22.4 Å². The Morgan fingerprint density at radius 1 is 1.15 bits per heavy atom. The van der Waals surface area contributed by atoms with Gasteiger partial charge >= 0.3 is 6.18 Å². The van der Waals surface area contributed by atoms with Crippen LogP contribution in [-0.2, 0) is 20.1 Å². The quantitative estimate of drug-likeness (QED) is 0.310. The summed E-state index contributed by atoms with van der Waals surface area (Å²) in [5, 5.41) is 20.4. The standard InChI is InChI=1S/C29H23F4N7O/c1-39-15-36-38-27(39)20-4-2-3-18(11-34)26(20)19-9-24(17-5-6-17)37-25(10-19)40-13-22-21(28(40)41)7-16(8-23(22)30)12-35-14-29(31,32)33/h2-4,7-10,15,17,35H,5-6,12-14H2,1H3. The summed E-state index contributed by atoms with van der Waals surface area (Å²) in [4.78, 5) is 19.7. The number of aryl methyl sites for hydroxylation is 1. The third-order valence-electron chi connectivity index (χ3n) is 7.23. The van der Waals surface area contributed by atoms with Crippen molar-refractivity contribution in [1.82, 2.24) is 25.1 Å². The van der Waals surface area contributed by atoms with Crippen LogP contribution >= 0.6 is 0 Å². The number of fused-ring (bicyclic) bond motifs is 1. The van der Waals surface area contributed by atoms with Crippen LogP contribution in [0, 0.1) is 17.1 Å². The highest BCUT2D eigenvalue weighted by molar-refractivity contribution is 6.10. The molecule has 0 saturated heterocycles. The average molecular weight is 562 g/mol. The van der Waals surface area contributed by atoms with E-state index < -0.39 is 24.4 Å². The molecule has 0 atom stereocenters. The van der Waals surface area contributed by atoms with Gasteiger partial charge in [-0.1, -0.05) is 12.1 Å². The first-order valence-electron chi connectivity index (χ1n) is 12.9. The maximum atomic E-state index is 15.1. The van der Waals surface area contributed by atoms with E-state index >= 15 is 4.39 Å². The second kappa shape index (κ2) is 10.1. The van der Waals surface area contributed by atoms with Gasteiger partial charge in [-0.2, -0.15) is 18.4 Å². The van der Waals surface area contributed by atoms with Gasteiger partial charge in [0.1, 0.15) is 18.0 Å². The first-order valence-corrected chi connectivity index (χ1v) is 12.9. The second-order valence-corrected chi connectivity index (χ2v) is 10.2. The van der Waals surface area contributed by atoms with Crippen molar-refractivity contribution in [1.29, 1.82) is 5.26 Å². The lowest BCUT2D eigenvalue weighted by atomic mass is 9.93. The number of benzene rings is 2. The van der Waals surface area contributed by atoms with Crippen molar-refractivity contribution in [2.45, 2.75) is 38.0 Å². The minimum atomic E-state index is -4.41. The first kappa shape index (κ1) is 26.6. The zero-order chi connectivity index (χ0) is 28.9. The SMILES string of the molecule is Cn1cnnc1-c1cccc(C#N)c1-c1cc(C2CC2)nc(N2Cc3c(F)cc(CNCC(F)(F)F)cc3C2=O)c1. The van der Waals surface area contributed by atoms with Gasteiger partial charge in [-0.3, -0.25) is 9.69 Å². The first-order chi connectivity index (χ1) is 19.6.